The summed E-state index contributed by atoms with van der Waals surface area (Å²) < 4.78 is 13.7. The summed E-state index contributed by atoms with van der Waals surface area (Å²) in [7, 11) is 0. The lowest BCUT2D eigenvalue weighted by Crippen LogP contribution is -1.97. The Hall–Kier alpha value is -0.900. The zero-order chi connectivity index (χ0) is 11.4. The van der Waals surface area contributed by atoms with Crippen LogP contribution in [0.1, 0.15) is 24.0 Å². The number of aryl methyl sites for hydroxylation is 2. The molecular weight excluding hydrogens is 263 g/mol. The fourth-order valence-corrected chi connectivity index (χ4v) is 1.84. The van der Waals surface area contributed by atoms with Crippen molar-refractivity contribution < 1.29 is 14.3 Å². The molecule has 0 spiro atoms. The van der Waals surface area contributed by atoms with Gasteiger partial charge in [-0.25, -0.2) is 4.39 Å². The second-order valence-electron chi connectivity index (χ2n) is 3.47. The average molecular weight is 275 g/mol. The number of halogens is 2. The third-order valence-electron chi connectivity index (χ3n) is 2.08. The van der Waals surface area contributed by atoms with Crippen molar-refractivity contribution >= 4 is 21.9 Å². The maximum atomic E-state index is 13.3. The topological polar surface area (TPSA) is 37.3 Å². The van der Waals surface area contributed by atoms with Gasteiger partial charge in [-0.3, -0.25) is 4.79 Å². The Morgan fingerprint density at radius 3 is 2.80 bits per heavy atom. The first-order valence-corrected chi connectivity index (χ1v) is 5.46. The summed E-state index contributed by atoms with van der Waals surface area (Å²) in [6, 6.07) is 3.32. The van der Waals surface area contributed by atoms with Gasteiger partial charge in [-0.15, -0.1) is 0 Å². The molecule has 0 heterocycles. The first kappa shape index (κ1) is 12.2. The van der Waals surface area contributed by atoms with Gasteiger partial charge in [0, 0.05) is 6.42 Å². The second-order valence-corrected chi connectivity index (χ2v) is 4.26. The van der Waals surface area contributed by atoms with Gasteiger partial charge in [0.05, 0.1) is 4.47 Å². The molecule has 0 radical (unpaired) electrons. The van der Waals surface area contributed by atoms with Gasteiger partial charge in [0.2, 0.25) is 0 Å². The molecule has 0 fully saturated rings. The molecule has 0 aliphatic carbocycles. The minimum absolute atomic E-state index is 0.113. The Balaban J connectivity index is 2.72. The van der Waals surface area contributed by atoms with Crippen LogP contribution in [0, 0.1) is 12.7 Å². The van der Waals surface area contributed by atoms with Crippen LogP contribution in [-0.4, -0.2) is 11.1 Å². The van der Waals surface area contributed by atoms with E-state index in [0.717, 1.165) is 11.1 Å². The number of carboxylic acids is 1. The molecule has 0 bridgehead atoms. The first-order valence-electron chi connectivity index (χ1n) is 4.67. The highest BCUT2D eigenvalue weighted by atomic mass is 79.9. The average Bonchev–Trinajstić information content (AvgIpc) is 2.12. The normalized spacial score (nSPS) is 10.3. The molecule has 0 aliphatic rings. The number of rotatable bonds is 4. The van der Waals surface area contributed by atoms with Gasteiger partial charge in [-0.1, -0.05) is 6.07 Å². The SMILES string of the molecule is Cc1cc(F)c(Br)c(CCCC(=O)O)c1. The smallest absolute Gasteiger partial charge is 0.303 e. The van der Waals surface area contributed by atoms with Crippen molar-refractivity contribution in [3.63, 3.8) is 0 Å². The maximum absolute atomic E-state index is 13.3. The minimum atomic E-state index is -0.820. The minimum Gasteiger partial charge on any atom is -0.481 e. The van der Waals surface area contributed by atoms with Gasteiger partial charge in [0.1, 0.15) is 5.82 Å². The monoisotopic (exact) mass is 274 g/mol. The van der Waals surface area contributed by atoms with Crippen molar-refractivity contribution in [2.24, 2.45) is 0 Å². The third-order valence-corrected chi connectivity index (χ3v) is 2.97. The molecule has 15 heavy (non-hydrogen) atoms. The fourth-order valence-electron chi connectivity index (χ4n) is 1.41. The highest BCUT2D eigenvalue weighted by Crippen LogP contribution is 2.23. The summed E-state index contributed by atoms with van der Waals surface area (Å²) in [6.45, 7) is 1.82. The van der Waals surface area contributed by atoms with Crippen molar-refractivity contribution in [3.05, 3.63) is 33.5 Å². The lowest BCUT2D eigenvalue weighted by Gasteiger charge is -2.06. The summed E-state index contributed by atoms with van der Waals surface area (Å²) in [5, 5.41) is 8.48. The van der Waals surface area contributed by atoms with Crippen LogP contribution < -0.4 is 0 Å². The highest BCUT2D eigenvalue weighted by molar-refractivity contribution is 9.10. The van der Waals surface area contributed by atoms with Crippen molar-refractivity contribution in [1.82, 2.24) is 0 Å². The standard InChI is InChI=1S/C11H12BrFO2/c1-7-5-8(3-2-4-10(14)15)11(12)9(13)6-7/h5-6H,2-4H2,1H3,(H,14,15). The van der Waals surface area contributed by atoms with E-state index in [1.807, 2.05) is 13.0 Å². The van der Waals surface area contributed by atoms with E-state index in [4.69, 9.17) is 5.11 Å². The Kier molecular flexibility index (Phi) is 4.27. The van der Waals surface area contributed by atoms with Crippen LogP contribution in [0.3, 0.4) is 0 Å². The Morgan fingerprint density at radius 2 is 2.20 bits per heavy atom. The molecule has 0 amide bonds. The molecular formula is C11H12BrFO2. The van der Waals surface area contributed by atoms with Crippen LogP contribution in [0.4, 0.5) is 4.39 Å². The van der Waals surface area contributed by atoms with Crippen molar-refractivity contribution in [3.8, 4) is 0 Å². The summed E-state index contributed by atoms with van der Waals surface area (Å²) in [4.78, 5) is 10.3. The molecule has 82 valence electrons. The first-order chi connectivity index (χ1) is 7.00. The summed E-state index contributed by atoms with van der Waals surface area (Å²) in [5.74, 6) is -1.11. The van der Waals surface area contributed by atoms with E-state index in [9.17, 15) is 9.18 Å². The maximum Gasteiger partial charge on any atom is 0.303 e. The summed E-state index contributed by atoms with van der Waals surface area (Å²) in [5.41, 5.74) is 1.68. The number of carbonyl (C=O) groups is 1. The summed E-state index contributed by atoms with van der Waals surface area (Å²) >= 11 is 3.16. The van der Waals surface area contributed by atoms with E-state index in [-0.39, 0.29) is 12.2 Å². The summed E-state index contributed by atoms with van der Waals surface area (Å²) in [6.07, 6.45) is 1.21. The molecule has 0 saturated carbocycles. The number of aliphatic carboxylic acids is 1. The number of benzene rings is 1. The van der Waals surface area contributed by atoms with Crippen LogP contribution in [0.15, 0.2) is 16.6 Å². The van der Waals surface area contributed by atoms with Gasteiger partial charge >= 0.3 is 5.97 Å². The molecule has 4 heteroatoms. The van der Waals surface area contributed by atoms with Gasteiger partial charge in [0.15, 0.2) is 0 Å². The third kappa shape index (κ3) is 3.63. The molecule has 2 nitrogen and oxygen atoms in total. The molecule has 1 aromatic rings. The van der Waals surface area contributed by atoms with Crippen molar-refractivity contribution in [2.75, 3.05) is 0 Å². The largest absolute Gasteiger partial charge is 0.481 e. The van der Waals surface area contributed by atoms with Gasteiger partial charge in [0.25, 0.3) is 0 Å². The van der Waals surface area contributed by atoms with Crippen molar-refractivity contribution in [2.45, 2.75) is 26.2 Å². The molecule has 0 unspecified atom stereocenters. The second kappa shape index (κ2) is 5.26. The van der Waals surface area contributed by atoms with E-state index in [1.54, 1.807) is 0 Å². The molecule has 1 rings (SSSR count). The lowest BCUT2D eigenvalue weighted by atomic mass is 10.1. The number of carboxylic acid groups (broad SMARTS) is 1. The quantitative estimate of drug-likeness (QED) is 0.915. The zero-order valence-corrected chi connectivity index (χ0v) is 9.97. The van der Waals surface area contributed by atoms with Crippen LogP contribution in [0.25, 0.3) is 0 Å². The van der Waals surface area contributed by atoms with E-state index < -0.39 is 5.97 Å². The van der Waals surface area contributed by atoms with Gasteiger partial charge in [-0.2, -0.15) is 0 Å². The Bertz CT molecular complexity index is 377. The fraction of sp³-hybridized carbons (Fsp3) is 0.364. The van der Waals surface area contributed by atoms with Crippen LogP contribution in [0.5, 0.6) is 0 Å². The molecule has 0 atom stereocenters. The van der Waals surface area contributed by atoms with Crippen molar-refractivity contribution in [1.29, 1.82) is 0 Å². The molecule has 1 aromatic carbocycles. The highest BCUT2D eigenvalue weighted by Gasteiger charge is 2.07. The van der Waals surface area contributed by atoms with Gasteiger partial charge < -0.3 is 5.11 Å². The van der Waals surface area contributed by atoms with E-state index >= 15 is 0 Å². The molecule has 0 saturated heterocycles. The number of hydrogen-bond donors (Lipinski definition) is 1. The van der Waals surface area contributed by atoms with Gasteiger partial charge in [-0.05, 0) is 52.9 Å². The zero-order valence-electron chi connectivity index (χ0n) is 8.39. The van der Waals surface area contributed by atoms with E-state index in [1.165, 1.54) is 6.07 Å². The van der Waals surface area contributed by atoms with Crippen LogP contribution >= 0.6 is 15.9 Å². The Morgan fingerprint density at radius 1 is 1.53 bits per heavy atom. The molecule has 0 aliphatic heterocycles. The van der Waals surface area contributed by atoms with E-state index in [0.29, 0.717) is 17.3 Å². The van der Waals surface area contributed by atoms with Crippen LogP contribution in [0.2, 0.25) is 0 Å². The Labute approximate surface area is 96.2 Å². The lowest BCUT2D eigenvalue weighted by molar-refractivity contribution is -0.137. The predicted molar refractivity (Wildman–Crippen MR) is 59.4 cm³/mol. The molecule has 1 N–H and O–H groups in total. The molecule has 0 aromatic heterocycles. The van der Waals surface area contributed by atoms with Crippen LogP contribution in [-0.2, 0) is 11.2 Å². The van der Waals surface area contributed by atoms with E-state index in [2.05, 4.69) is 15.9 Å². The number of hydrogen-bond acceptors (Lipinski definition) is 1. The predicted octanol–water partition coefficient (Wildman–Crippen LogP) is 3.30.